The maximum Gasteiger partial charge on any atom is 0.240 e. The summed E-state index contributed by atoms with van der Waals surface area (Å²) in [6.07, 6.45) is 5.01. The van der Waals surface area contributed by atoms with Crippen molar-refractivity contribution in [1.82, 2.24) is 10.6 Å². The van der Waals surface area contributed by atoms with Gasteiger partial charge in [-0.2, -0.15) is 0 Å². The van der Waals surface area contributed by atoms with Crippen molar-refractivity contribution in [2.24, 2.45) is 0 Å². The van der Waals surface area contributed by atoms with Crippen molar-refractivity contribution in [2.75, 3.05) is 13.2 Å². The molecule has 0 saturated carbocycles. The predicted molar refractivity (Wildman–Crippen MR) is 71.5 cm³/mol. The van der Waals surface area contributed by atoms with Gasteiger partial charge in [0.05, 0.1) is 17.2 Å². The number of amides is 1. The van der Waals surface area contributed by atoms with Gasteiger partial charge in [0.1, 0.15) is 0 Å². The van der Waals surface area contributed by atoms with Crippen LogP contribution in [0, 0.1) is 0 Å². The molecule has 0 aromatic heterocycles. The molecule has 0 aromatic carbocycles. The normalized spacial score (nSPS) is 40.1. The molecule has 3 atom stereocenters. The highest BCUT2D eigenvalue weighted by Gasteiger charge is 2.45. The SMILES string of the molecule is CCCC1(C(=O)NC2(C)CCOC2C)CCCN1. The fraction of sp³-hybridized carbons (Fsp3) is 0.929. The molecule has 2 rings (SSSR count). The largest absolute Gasteiger partial charge is 0.376 e. The molecule has 1 amide bonds. The second kappa shape index (κ2) is 5.17. The molecule has 0 radical (unpaired) electrons. The van der Waals surface area contributed by atoms with Crippen molar-refractivity contribution in [3.8, 4) is 0 Å². The first-order chi connectivity index (χ1) is 8.52. The predicted octanol–water partition coefficient (Wildman–Crippen LogP) is 1.59. The van der Waals surface area contributed by atoms with E-state index in [1.807, 2.05) is 6.92 Å². The van der Waals surface area contributed by atoms with Gasteiger partial charge in [0.15, 0.2) is 0 Å². The molecular weight excluding hydrogens is 228 g/mol. The van der Waals surface area contributed by atoms with Crippen molar-refractivity contribution in [2.45, 2.75) is 70.1 Å². The van der Waals surface area contributed by atoms with Crippen LogP contribution < -0.4 is 10.6 Å². The van der Waals surface area contributed by atoms with Gasteiger partial charge in [0, 0.05) is 6.61 Å². The van der Waals surface area contributed by atoms with Crippen LogP contribution in [-0.4, -0.2) is 36.2 Å². The summed E-state index contributed by atoms with van der Waals surface area (Å²) < 4.78 is 5.59. The molecule has 0 aliphatic carbocycles. The zero-order valence-electron chi connectivity index (χ0n) is 11.8. The Balaban J connectivity index is 2.05. The second-order valence-electron chi connectivity index (χ2n) is 6.00. The van der Waals surface area contributed by atoms with E-state index in [1.54, 1.807) is 0 Å². The van der Waals surface area contributed by atoms with Crippen molar-refractivity contribution < 1.29 is 9.53 Å². The van der Waals surface area contributed by atoms with E-state index in [1.165, 1.54) is 0 Å². The van der Waals surface area contributed by atoms with Crippen LogP contribution in [0.4, 0.5) is 0 Å². The third kappa shape index (κ3) is 2.41. The van der Waals surface area contributed by atoms with Crippen LogP contribution >= 0.6 is 0 Å². The van der Waals surface area contributed by atoms with Crippen LogP contribution in [0.25, 0.3) is 0 Å². The third-order valence-corrected chi connectivity index (χ3v) is 4.64. The molecule has 3 unspecified atom stereocenters. The molecule has 2 saturated heterocycles. The fourth-order valence-electron chi connectivity index (χ4n) is 3.13. The number of nitrogens with one attached hydrogen (secondary N) is 2. The van der Waals surface area contributed by atoms with Crippen LogP contribution in [0.3, 0.4) is 0 Å². The monoisotopic (exact) mass is 254 g/mol. The Hall–Kier alpha value is -0.610. The Bertz CT molecular complexity index is 313. The first-order valence-electron chi connectivity index (χ1n) is 7.22. The van der Waals surface area contributed by atoms with E-state index in [0.717, 1.165) is 45.3 Å². The number of rotatable bonds is 4. The number of hydrogen-bond acceptors (Lipinski definition) is 3. The van der Waals surface area contributed by atoms with E-state index >= 15 is 0 Å². The molecule has 4 heteroatoms. The molecule has 0 aromatic rings. The maximum absolute atomic E-state index is 12.6. The lowest BCUT2D eigenvalue weighted by Crippen LogP contribution is -2.61. The van der Waals surface area contributed by atoms with E-state index in [0.29, 0.717) is 0 Å². The van der Waals surface area contributed by atoms with Gasteiger partial charge >= 0.3 is 0 Å². The van der Waals surface area contributed by atoms with Crippen LogP contribution in [0.1, 0.15) is 52.9 Å². The van der Waals surface area contributed by atoms with Gasteiger partial charge in [-0.3, -0.25) is 4.79 Å². The first kappa shape index (κ1) is 13.8. The van der Waals surface area contributed by atoms with Crippen LogP contribution in [0.2, 0.25) is 0 Å². The smallest absolute Gasteiger partial charge is 0.240 e. The molecule has 104 valence electrons. The highest BCUT2D eigenvalue weighted by molar-refractivity contribution is 5.87. The summed E-state index contributed by atoms with van der Waals surface area (Å²) in [7, 11) is 0. The minimum Gasteiger partial charge on any atom is -0.376 e. The lowest BCUT2D eigenvalue weighted by molar-refractivity contribution is -0.130. The zero-order valence-corrected chi connectivity index (χ0v) is 11.8. The van der Waals surface area contributed by atoms with Crippen molar-refractivity contribution >= 4 is 5.91 Å². The molecule has 2 N–H and O–H groups in total. The maximum atomic E-state index is 12.6. The molecule has 2 aliphatic heterocycles. The van der Waals surface area contributed by atoms with E-state index < -0.39 is 0 Å². The molecular formula is C14H26N2O2. The van der Waals surface area contributed by atoms with Gasteiger partial charge < -0.3 is 15.4 Å². The highest BCUT2D eigenvalue weighted by Crippen LogP contribution is 2.29. The van der Waals surface area contributed by atoms with E-state index in [2.05, 4.69) is 24.5 Å². The summed E-state index contributed by atoms with van der Waals surface area (Å²) in [5.41, 5.74) is -0.540. The van der Waals surface area contributed by atoms with Gasteiger partial charge in [-0.05, 0) is 46.1 Å². The summed E-state index contributed by atoms with van der Waals surface area (Å²) >= 11 is 0. The van der Waals surface area contributed by atoms with Crippen molar-refractivity contribution in [3.63, 3.8) is 0 Å². The topological polar surface area (TPSA) is 50.4 Å². The molecule has 2 fully saturated rings. The van der Waals surface area contributed by atoms with Gasteiger partial charge in [0.25, 0.3) is 0 Å². The average Bonchev–Trinajstić information content (AvgIpc) is 2.90. The minimum absolute atomic E-state index is 0.0986. The van der Waals surface area contributed by atoms with Crippen molar-refractivity contribution in [3.05, 3.63) is 0 Å². The lowest BCUT2D eigenvalue weighted by atomic mass is 9.87. The Kier molecular flexibility index (Phi) is 3.97. The standard InChI is InChI=1S/C14H26N2O2/c1-4-6-14(7-5-9-15-14)12(17)16-13(3)8-10-18-11(13)2/h11,15H,4-10H2,1-3H3,(H,16,17). The molecule has 2 aliphatic rings. The minimum atomic E-state index is -0.333. The van der Waals surface area contributed by atoms with Gasteiger partial charge in [-0.15, -0.1) is 0 Å². The summed E-state index contributed by atoms with van der Waals surface area (Å²) in [6.45, 7) is 7.97. The molecule has 2 heterocycles. The number of carbonyl (C=O) groups is 1. The highest BCUT2D eigenvalue weighted by atomic mass is 16.5. The number of hydrogen-bond donors (Lipinski definition) is 2. The van der Waals surface area contributed by atoms with Gasteiger partial charge in [-0.1, -0.05) is 13.3 Å². The van der Waals surface area contributed by atoms with E-state index in [-0.39, 0.29) is 23.1 Å². The van der Waals surface area contributed by atoms with Gasteiger partial charge in [0.2, 0.25) is 5.91 Å². The van der Waals surface area contributed by atoms with Crippen LogP contribution in [-0.2, 0) is 9.53 Å². The number of ether oxygens (including phenoxy) is 1. The molecule has 0 bridgehead atoms. The van der Waals surface area contributed by atoms with Crippen LogP contribution in [0.15, 0.2) is 0 Å². The second-order valence-corrected chi connectivity index (χ2v) is 6.00. The lowest BCUT2D eigenvalue weighted by Gasteiger charge is -2.35. The Morgan fingerprint density at radius 2 is 2.28 bits per heavy atom. The third-order valence-electron chi connectivity index (χ3n) is 4.64. The molecule has 18 heavy (non-hydrogen) atoms. The quantitative estimate of drug-likeness (QED) is 0.801. The first-order valence-corrected chi connectivity index (χ1v) is 7.22. The summed E-state index contributed by atoms with van der Waals surface area (Å²) in [6, 6.07) is 0. The Labute approximate surface area is 110 Å². The Morgan fingerprint density at radius 3 is 2.78 bits per heavy atom. The van der Waals surface area contributed by atoms with Crippen molar-refractivity contribution in [1.29, 1.82) is 0 Å². The summed E-state index contributed by atoms with van der Waals surface area (Å²) in [5, 5.41) is 6.67. The van der Waals surface area contributed by atoms with Crippen LogP contribution in [0.5, 0.6) is 0 Å². The fourth-order valence-corrected chi connectivity index (χ4v) is 3.13. The summed E-state index contributed by atoms with van der Waals surface area (Å²) in [5.74, 6) is 0.168. The summed E-state index contributed by atoms with van der Waals surface area (Å²) in [4.78, 5) is 12.6. The van der Waals surface area contributed by atoms with E-state index in [4.69, 9.17) is 4.74 Å². The average molecular weight is 254 g/mol. The molecule has 0 spiro atoms. The van der Waals surface area contributed by atoms with Gasteiger partial charge in [-0.25, -0.2) is 0 Å². The number of carbonyl (C=O) groups excluding carboxylic acids is 1. The Morgan fingerprint density at radius 1 is 1.50 bits per heavy atom. The zero-order chi connectivity index (χ0) is 13.2. The van der Waals surface area contributed by atoms with E-state index in [9.17, 15) is 4.79 Å². The molecule has 4 nitrogen and oxygen atoms in total.